The van der Waals surface area contributed by atoms with Crippen molar-refractivity contribution in [1.29, 1.82) is 5.26 Å². The smallest absolute Gasteiger partial charge is 0.319 e. The second-order valence-corrected chi connectivity index (χ2v) is 12.4. The molecular formula is C38H39FN2O5. The summed E-state index contributed by atoms with van der Waals surface area (Å²) in [6.45, 7) is 8.81. The van der Waals surface area contributed by atoms with Gasteiger partial charge in [-0.3, -0.25) is 9.59 Å². The molecule has 0 atom stereocenters. The van der Waals surface area contributed by atoms with E-state index in [0.717, 1.165) is 11.1 Å². The summed E-state index contributed by atoms with van der Waals surface area (Å²) in [4.78, 5) is 27.2. The maximum absolute atomic E-state index is 16.6. The fraction of sp³-hybridized carbons (Fsp3) is 0.289. The lowest BCUT2D eigenvalue weighted by Crippen LogP contribution is -2.36. The molecule has 0 aliphatic carbocycles. The Kier molecular flexibility index (Phi) is 11.1. The minimum atomic E-state index is -1.20. The standard InChI is InChI=1S/C38H39FN2O5/c1-26-30(21-40)33(41-35(42)37(2,3)24-44-22-27-15-9-6-10-16-27)34(32(39)31(26)29-19-13-8-14-20-29)46-36(43)38(4,5)25-45-23-28-17-11-7-12-18-28/h6-20H,22-25H2,1-5H3,(H,41,42). The maximum atomic E-state index is 16.6. The van der Waals surface area contributed by atoms with Crippen LogP contribution in [0.1, 0.15) is 49.9 Å². The van der Waals surface area contributed by atoms with Gasteiger partial charge < -0.3 is 19.5 Å². The molecule has 4 aromatic carbocycles. The lowest BCUT2D eigenvalue weighted by Gasteiger charge is -2.27. The third-order valence-electron chi connectivity index (χ3n) is 7.57. The monoisotopic (exact) mass is 622 g/mol. The van der Waals surface area contributed by atoms with E-state index in [1.54, 1.807) is 65.0 Å². The van der Waals surface area contributed by atoms with Crippen molar-refractivity contribution in [2.75, 3.05) is 18.5 Å². The molecule has 4 aromatic rings. The van der Waals surface area contributed by atoms with Crippen LogP contribution in [-0.4, -0.2) is 25.1 Å². The van der Waals surface area contributed by atoms with Crippen molar-refractivity contribution >= 4 is 17.6 Å². The van der Waals surface area contributed by atoms with Crippen LogP contribution in [0.4, 0.5) is 10.1 Å². The first-order valence-electron chi connectivity index (χ1n) is 15.0. The Balaban J connectivity index is 1.65. The number of hydrogen-bond acceptors (Lipinski definition) is 6. The van der Waals surface area contributed by atoms with Gasteiger partial charge in [-0.25, -0.2) is 4.39 Å². The highest BCUT2D eigenvalue weighted by Crippen LogP contribution is 2.43. The van der Waals surface area contributed by atoms with Gasteiger partial charge in [-0.2, -0.15) is 5.26 Å². The van der Waals surface area contributed by atoms with Crippen molar-refractivity contribution < 1.29 is 28.2 Å². The summed E-state index contributed by atoms with van der Waals surface area (Å²) in [7, 11) is 0. The quantitative estimate of drug-likeness (QED) is 0.120. The minimum Gasteiger partial charge on any atom is -0.421 e. The molecule has 238 valence electrons. The van der Waals surface area contributed by atoms with E-state index in [0.29, 0.717) is 17.7 Å². The summed E-state index contributed by atoms with van der Waals surface area (Å²) in [5.41, 5.74) is 0.249. The zero-order valence-electron chi connectivity index (χ0n) is 26.9. The molecule has 7 nitrogen and oxygen atoms in total. The van der Waals surface area contributed by atoms with Crippen molar-refractivity contribution in [2.24, 2.45) is 10.8 Å². The normalized spacial score (nSPS) is 11.5. The molecule has 0 bridgehead atoms. The number of hydrogen-bond donors (Lipinski definition) is 1. The van der Waals surface area contributed by atoms with Crippen LogP contribution < -0.4 is 10.1 Å². The molecule has 0 fully saturated rings. The van der Waals surface area contributed by atoms with Gasteiger partial charge >= 0.3 is 5.97 Å². The number of rotatable bonds is 13. The highest BCUT2D eigenvalue weighted by molar-refractivity contribution is 5.99. The Morgan fingerprint density at radius 3 is 1.76 bits per heavy atom. The Morgan fingerprint density at radius 1 is 0.783 bits per heavy atom. The minimum absolute atomic E-state index is 0.0155. The molecule has 0 aliphatic rings. The summed E-state index contributed by atoms with van der Waals surface area (Å²) < 4.78 is 34.0. The number of benzene rings is 4. The van der Waals surface area contributed by atoms with E-state index >= 15 is 4.39 Å². The summed E-state index contributed by atoms with van der Waals surface area (Å²) in [5, 5.41) is 13.0. The van der Waals surface area contributed by atoms with Crippen LogP contribution in [0.15, 0.2) is 91.0 Å². The van der Waals surface area contributed by atoms with Crippen molar-refractivity contribution in [1.82, 2.24) is 0 Å². The SMILES string of the molecule is Cc1c(C#N)c(NC(=O)C(C)(C)COCc2ccccc2)c(OC(=O)C(C)(C)COCc2ccccc2)c(F)c1-c1ccccc1. The summed E-state index contributed by atoms with van der Waals surface area (Å²) in [6.07, 6.45) is 0. The summed E-state index contributed by atoms with van der Waals surface area (Å²) in [6, 6.07) is 29.8. The largest absolute Gasteiger partial charge is 0.421 e. The average Bonchev–Trinajstić information content (AvgIpc) is 3.04. The molecule has 1 amide bonds. The molecule has 46 heavy (non-hydrogen) atoms. The number of amides is 1. The lowest BCUT2D eigenvalue weighted by molar-refractivity contribution is -0.148. The van der Waals surface area contributed by atoms with E-state index < -0.39 is 34.3 Å². The summed E-state index contributed by atoms with van der Waals surface area (Å²) >= 11 is 0. The first-order valence-corrected chi connectivity index (χ1v) is 15.0. The van der Waals surface area contributed by atoms with E-state index in [1.807, 2.05) is 60.7 Å². The molecule has 0 aromatic heterocycles. The fourth-order valence-electron chi connectivity index (χ4n) is 4.75. The third kappa shape index (κ3) is 8.25. The predicted octanol–water partition coefficient (Wildman–Crippen LogP) is 8.00. The van der Waals surface area contributed by atoms with Crippen molar-refractivity contribution in [3.63, 3.8) is 0 Å². The highest BCUT2D eigenvalue weighted by atomic mass is 19.1. The number of carbonyl (C=O) groups is 2. The molecule has 1 N–H and O–H groups in total. The Bertz CT molecular complexity index is 1700. The molecule has 0 saturated heterocycles. The van der Waals surface area contributed by atoms with E-state index in [9.17, 15) is 14.9 Å². The number of nitriles is 1. The number of nitrogens with zero attached hydrogens (tertiary/aromatic N) is 1. The zero-order chi connectivity index (χ0) is 33.3. The van der Waals surface area contributed by atoms with Crippen LogP contribution in [-0.2, 0) is 32.3 Å². The first-order chi connectivity index (χ1) is 21.9. The van der Waals surface area contributed by atoms with Crippen LogP contribution in [0.25, 0.3) is 11.1 Å². The average molecular weight is 623 g/mol. The van der Waals surface area contributed by atoms with Crippen molar-refractivity contribution in [2.45, 2.75) is 47.8 Å². The van der Waals surface area contributed by atoms with E-state index in [4.69, 9.17) is 14.2 Å². The Labute approximate surface area is 269 Å². The fourth-order valence-corrected chi connectivity index (χ4v) is 4.75. The number of carbonyl (C=O) groups excluding carboxylic acids is 2. The van der Waals surface area contributed by atoms with Gasteiger partial charge in [-0.15, -0.1) is 0 Å². The number of anilines is 1. The second kappa shape index (κ2) is 15.0. The third-order valence-corrected chi connectivity index (χ3v) is 7.57. The van der Waals surface area contributed by atoms with Crippen molar-refractivity contribution in [3.05, 3.63) is 119 Å². The molecule has 0 radical (unpaired) electrons. The van der Waals surface area contributed by atoms with Crippen LogP contribution in [0.5, 0.6) is 5.75 Å². The molecule has 8 heteroatoms. The van der Waals surface area contributed by atoms with Crippen LogP contribution in [0.2, 0.25) is 0 Å². The van der Waals surface area contributed by atoms with Gasteiger partial charge in [-0.05, 0) is 56.9 Å². The maximum Gasteiger partial charge on any atom is 0.319 e. The van der Waals surface area contributed by atoms with Gasteiger partial charge in [0.1, 0.15) is 11.8 Å². The molecule has 0 aliphatic heterocycles. The number of ether oxygens (including phenoxy) is 3. The van der Waals surface area contributed by atoms with E-state index in [-0.39, 0.29) is 36.6 Å². The Morgan fingerprint density at radius 2 is 1.26 bits per heavy atom. The molecule has 0 saturated carbocycles. The predicted molar refractivity (Wildman–Crippen MR) is 175 cm³/mol. The number of halogens is 1. The van der Waals surface area contributed by atoms with Gasteiger partial charge in [0, 0.05) is 5.56 Å². The Hall–Kier alpha value is -4.84. The van der Waals surface area contributed by atoms with Crippen LogP contribution in [0.3, 0.4) is 0 Å². The van der Waals surface area contributed by atoms with Crippen molar-refractivity contribution in [3.8, 4) is 22.9 Å². The second-order valence-electron chi connectivity index (χ2n) is 12.4. The first kappa shape index (κ1) is 34.0. The molecular weight excluding hydrogens is 583 g/mol. The summed E-state index contributed by atoms with van der Waals surface area (Å²) in [5.74, 6) is -2.72. The number of nitrogens with one attached hydrogen (secondary N) is 1. The van der Waals surface area contributed by atoms with Crippen LogP contribution >= 0.6 is 0 Å². The van der Waals surface area contributed by atoms with Crippen LogP contribution in [0, 0.1) is 34.9 Å². The van der Waals surface area contributed by atoms with Gasteiger partial charge in [0.15, 0.2) is 11.6 Å². The van der Waals surface area contributed by atoms with E-state index in [1.165, 1.54) is 0 Å². The highest BCUT2D eigenvalue weighted by Gasteiger charge is 2.36. The van der Waals surface area contributed by atoms with Gasteiger partial charge in [0.05, 0.1) is 42.8 Å². The van der Waals surface area contributed by atoms with Gasteiger partial charge in [0.2, 0.25) is 5.91 Å². The topological polar surface area (TPSA) is 97.7 Å². The van der Waals surface area contributed by atoms with Gasteiger partial charge in [-0.1, -0.05) is 91.0 Å². The molecule has 4 rings (SSSR count). The van der Waals surface area contributed by atoms with Gasteiger partial charge in [0.25, 0.3) is 0 Å². The molecule has 0 heterocycles. The zero-order valence-corrected chi connectivity index (χ0v) is 26.9. The van der Waals surface area contributed by atoms with E-state index in [2.05, 4.69) is 11.4 Å². The molecule has 0 spiro atoms. The lowest BCUT2D eigenvalue weighted by atomic mass is 9.91. The molecule has 0 unspecified atom stereocenters. The number of esters is 1.